The molecule has 88 valence electrons. The second-order valence-corrected chi connectivity index (χ2v) is 5.21. The molecule has 5 heteroatoms. The number of nitrogen functional groups attached to an aromatic ring is 1. The van der Waals surface area contributed by atoms with Crippen molar-refractivity contribution in [3.63, 3.8) is 0 Å². The molecule has 0 saturated heterocycles. The highest BCUT2D eigenvalue weighted by Gasteiger charge is 2.09. The molecule has 0 atom stereocenters. The van der Waals surface area contributed by atoms with E-state index in [1.54, 1.807) is 12.3 Å². The Kier molecular flexibility index (Phi) is 3.69. The summed E-state index contributed by atoms with van der Waals surface area (Å²) in [5, 5.41) is 0. The highest BCUT2D eigenvalue weighted by Crippen LogP contribution is 2.35. The van der Waals surface area contributed by atoms with E-state index in [1.807, 2.05) is 25.1 Å². The van der Waals surface area contributed by atoms with E-state index in [9.17, 15) is 0 Å². The molecule has 0 saturated carbocycles. The fourth-order valence-corrected chi connectivity index (χ4v) is 2.20. The van der Waals surface area contributed by atoms with Crippen LogP contribution in [0.4, 0.5) is 5.69 Å². The summed E-state index contributed by atoms with van der Waals surface area (Å²) in [6, 6.07) is 7.41. The van der Waals surface area contributed by atoms with Crippen LogP contribution in [0.2, 0.25) is 0 Å². The van der Waals surface area contributed by atoms with Gasteiger partial charge in [-0.05, 0) is 62.5 Å². The van der Waals surface area contributed by atoms with Crippen LogP contribution in [0.25, 0.3) is 0 Å². The van der Waals surface area contributed by atoms with Crippen LogP contribution < -0.4 is 10.5 Å². The summed E-state index contributed by atoms with van der Waals surface area (Å²) in [6.07, 6.45) is 1.75. The molecule has 0 amide bonds. The zero-order chi connectivity index (χ0) is 12.4. The fourth-order valence-electron chi connectivity index (χ4n) is 1.31. The molecule has 2 aromatic rings. The SMILES string of the molecule is Cc1cnc(Oc2cccc(N)c2Br)c(Br)c1. The van der Waals surface area contributed by atoms with Gasteiger partial charge in [0.05, 0.1) is 8.95 Å². The van der Waals surface area contributed by atoms with Gasteiger partial charge in [0.15, 0.2) is 0 Å². The van der Waals surface area contributed by atoms with E-state index in [4.69, 9.17) is 10.5 Å². The third-order valence-corrected chi connectivity index (χ3v) is 3.56. The van der Waals surface area contributed by atoms with Crippen molar-refractivity contribution in [2.75, 3.05) is 5.73 Å². The van der Waals surface area contributed by atoms with Crippen molar-refractivity contribution in [2.45, 2.75) is 6.92 Å². The van der Waals surface area contributed by atoms with E-state index < -0.39 is 0 Å². The highest BCUT2D eigenvalue weighted by atomic mass is 79.9. The first-order chi connectivity index (χ1) is 8.08. The fraction of sp³-hybridized carbons (Fsp3) is 0.0833. The van der Waals surface area contributed by atoms with Gasteiger partial charge in [0.1, 0.15) is 5.75 Å². The van der Waals surface area contributed by atoms with Crippen LogP contribution in [-0.2, 0) is 0 Å². The summed E-state index contributed by atoms with van der Waals surface area (Å²) < 4.78 is 7.23. The third kappa shape index (κ3) is 2.79. The van der Waals surface area contributed by atoms with Gasteiger partial charge in [-0.15, -0.1) is 0 Å². The Balaban J connectivity index is 2.35. The summed E-state index contributed by atoms with van der Waals surface area (Å²) in [4.78, 5) is 4.21. The van der Waals surface area contributed by atoms with Crippen LogP contribution >= 0.6 is 31.9 Å². The maximum absolute atomic E-state index is 5.78. The Morgan fingerprint density at radius 2 is 2.06 bits per heavy atom. The maximum Gasteiger partial charge on any atom is 0.233 e. The molecule has 2 rings (SSSR count). The molecule has 0 aliphatic heterocycles. The first-order valence-electron chi connectivity index (χ1n) is 4.92. The number of pyridine rings is 1. The number of rotatable bonds is 2. The van der Waals surface area contributed by atoms with E-state index in [0.29, 0.717) is 17.3 Å². The third-order valence-electron chi connectivity index (χ3n) is 2.14. The van der Waals surface area contributed by atoms with Gasteiger partial charge in [0, 0.05) is 11.9 Å². The van der Waals surface area contributed by atoms with Crippen molar-refractivity contribution in [1.82, 2.24) is 4.98 Å². The number of hydrogen-bond donors (Lipinski definition) is 1. The molecule has 0 aliphatic rings. The molecule has 0 radical (unpaired) electrons. The summed E-state index contributed by atoms with van der Waals surface area (Å²) in [5.41, 5.74) is 7.47. The van der Waals surface area contributed by atoms with Crippen molar-refractivity contribution in [1.29, 1.82) is 0 Å². The zero-order valence-electron chi connectivity index (χ0n) is 9.08. The summed E-state index contributed by atoms with van der Waals surface area (Å²) in [6.45, 7) is 1.97. The monoisotopic (exact) mass is 356 g/mol. The van der Waals surface area contributed by atoms with Crippen LogP contribution in [0.3, 0.4) is 0 Å². The van der Waals surface area contributed by atoms with Crippen molar-refractivity contribution in [3.8, 4) is 11.6 Å². The van der Waals surface area contributed by atoms with E-state index in [-0.39, 0.29) is 0 Å². The van der Waals surface area contributed by atoms with Crippen LogP contribution in [0.15, 0.2) is 39.4 Å². The van der Waals surface area contributed by atoms with E-state index in [2.05, 4.69) is 36.8 Å². The predicted octanol–water partition coefficient (Wildman–Crippen LogP) is 4.29. The second kappa shape index (κ2) is 5.06. The molecule has 0 bridgehead atoms. The average Bonchev–Trinajstić information content (AvgIpc) is 2.28. The van der Waals surface area contributed by atoms with E-state index in [0.717, 1.165) is 14.5 Å². The lowest BCUT2D eigenvalue weighted by Crippen LogP contribution is -1.93. The molecule has 1 heterocycles. The van der Waals surface area contributed by atoms with Crippen molar-refractivity contribution in [3.05, 3.63) is 45.0 Å². The van der Waals surface area contributed by atoms with Gasteiger partial charge in [0.25, 0.3) is 0 Å². The molecular weight excluding hydrogens is 348 g/mol. The smallest absolute Gasteiger partial charge is 0.233 e. The Bertz CT molecular complexity index is 558. The summed E-state index contributed by atoms with van der Waals surface area (Å²) >= 11 is 6.80. The molecule has 3 nitrogen and oxygen atoms in total. The van der Waals surface area contributed by atoms with Crippen LogP contribution in [0, 0.1) is 6.92 Å². The Labute approximate surface area is 116 Å². The minimum absolute atomic E-state index is 0.516. The van der Waals surface area contributed by atoms with Gasteiger partial charge in [-0.1, -0.05) is 6.07 Å². The predicted molar refractivity (Wildman–Crippen MR) is 75.3 cm³/mol. The molecule has 17 heavy (non-hydrogen) atoms. The lowest BCUT2D eigenvalue weighted by atomic mass is 10.3. The molecule has 0 spiro atoms. The van der Waals surface area contributed by atoms with Gasteiger partial charge in [-0.2, -0.15) is 0 Å². The van der Waals surface area contributed by atoms with E-state index >= 15 is 0 Å². The lowest BCUT2D eigenvalue weighted by Gasteiger charge is -2.09. The van der Waals surface area contributed by atoms with Gasteiger partial charge < -0.3 is 10.5 Å². The normalized spacial score (nSPS) is 10.3. The Morgan fingerprint density at radius 3 is 2.76 bits per heavy atom. The molecule has 0 unspecified atom stereocenters. The quantitative estimate of drug-likeness (QED) is 0.815. The Morgan fingerprint density at radius 1 is 1.29 bits per heavy atom. The number of nitrogens with zero attached hydrogens (tertiary/aromatic N) is 1. The van der Waals surface area contributed by atoms with Crippen molar-refractivity contribution >= 4 is 37.5 Å². The van der Waals surface area contributed by atoms with Crippen molar-refractivity contribution in [2.24, 2.45) is 0 Å². The Hall–Kier alpha value is -1.07. The number of hydrogen-bond acceptors (Lipinski definition) is 3. The van der Waals surface area contributed by atoms with Gasteiger partial charge in [-0.25, -0.2) is 4.98 Å². The van der Waals surface area contributed by atoms with Crippen LogP contribution in [-0.4, -0.2) is 4.98 Å². The number of nitrogens with two attached hydrogens (primary N) is 1. The molecule has 1 aromatic heterocycles. The number of halogens is 2. The molecule has 0 aliphatic carbocycles. The number of anilines is 1. The molecular formula is C12H10Br2N2O. The van der Waals surface area contributed by atoms with Gasteiger partial charge >= 0.3 is 0 Å². The minimum Gasteiger partial charge on any atom is -0.437 e. The lowest BCUT2D eigenvalue weighted by molar-refractivity contribution is 0.457. The summed E-state index contributed by atoms with van der Waals surface area (Å²) in [5.74, 6) is 1.16. The first kappa shape index (κ1) is 12.4. The average molecular weight is 358 g/mol. The minimum atomic E-state index is 0.516. The molecule has 0 fully saturated rings. The maximum atomic E-state index is 5.78. The highest BCUT2D eigenvalue weighted by molar-refractivity contribution is 9.11. The van der Waals surface area contributed by atoms with Crippen LogP contribution in [0.5, 0.6) is 11.6 Å². The first-order valence-corrected chi connectivity index (χ1v) is 6.50. The number of aromatic nitrogens is 1. The number of benzene rings is 1. The topological polar surface area (TPSA) is 48.1 Å². The largest absolute Gasteiger partial charge is 0.437 e. The van der Waals surface area contributed by atoms with Gasteiger partial charge in [-0.3, -0.25) is 0 Å². The van der Waals surface area contributed by atoms with Crippen LogP contribution in [0.1, 0.15) is 5.56 Å². The number of aryl methyl sites for hydroxylation is 1. The zero-order valence-corrected chi connectivity index (χ0v) is 12.2. The molecule has 2 N–H and O–H groups in total. The molecule has 1 aromatic carbocycles. The van der Waals surface area contributed by atoms with Gasteiger partial charge in [0.2, 0.25) is 5.88 Å². The van der Waals surface area contributed by atoms with Crippen molar-refractivity contribution < 1.29 is 4.74 Å². The second-order valence-electron chi connectivity index (χ2n) is 3.56. The summed E-state index contributed by atoms with van der Waals surface area (Å²) in [7, 11) is 0. The van der Waals surface area contributed by atoms with E-state index in [1.165, 1.54) is 0 Å². The standard InChI is InChI=1S/C12H10Br2N2O/c1-7-5-8(13)12(16-6-7)17-10-4-2-3-9(15)11(10)14/h2-6H,15H2,1H3. The number of ether oxygens (including phenoxy) is 1.